The lowest BCUT2D eigenvalue weighted by Gasteiger charge is -1.95. The van der Waals surface area contributed by atoms with E-state index in [1.54, 1.807) is 13.1 Å². The molecular weight excluding hydrogens is 180 g/mol. The fraction of sp³-hybridized carbons (Fsp3) is 0.333. The number of aromatic nitrogens is 2. The topological polar surface area (TPSA) is 69.2 Å². The van der Waals surface area contributed by atoms with Crippen LogP contribution in [0.3, 0.4) is 0 Å². The molecule has 5 nitrogen and oxygen atoms in total. The fourth-order valence-corrected chi connectivity index (χ4v) is 0.850. The average molecular weight is 188 g/mol. The predicted octanol–water partition coefficient (Wildman–Crippen LogP) is -0.172. The highest BCUT2D eigenvalue weighted by Gasteiger charge is 1.95. The first-order chi connectivity index (χ1) is 5.68. The Kier molecular flexibility index (Phi) is 3.12. The van der Waals surface area contributed by atoms with Gasteiger partial charge in [-0.3, -0.25) is 14.2 Å². The third kappa shape index (κ3) is 2.93. The SMILES string of the molecule is Cc1cnc(CO[SH](=O)=O)cn1. The van der Waals surface area contributed by atoms with Gasteiger partial charge in [0.1, 0.15) is 6.61 Å². The number of rotatable bonds is 3. The van der Waals surface area contributed by atoms with Gasteiger partial charge in [0.15, 0.2) is 0 Å². The van der Waals surface area contributed by atoms with E-state index in [0.717, 1.165) is 5.69 Å². The molecule has 0 aliphatic heterocycles. The molecule has 0 bridgehead atoms. The second-order valence-corrected chi connectivity index (χ2v) is 2.85. The Morgan fingerprint density at radius 1 is 1.42 bits per heavy atom. The van der Waals surface area contributed by atoms with Crippen LogP contribution in [-0.2, 0) is 21.8 Å². The number of hydrogen-bond donors (Lipinski definition) is 1. The molecule has 0 spiro atoms. The Labute approximate surface area is 71.6 Å². The molecule has 1 rings (SSSR count). The molecule has 6 heteroatoms. The molecule has 12 heavy (non-hydrogen) atoms. The van der Waals surface area contributed by atoms with Crippen molar-refractivity contribution >= 4 is 11.0 Å². The van der Waals surface area contributed by atoms with Crippen LogP contribution in [0.15, 0.2) is 12.4 Å². The smallest absolute Gasteiger partial charge is 0.257 e. The third-order valence-corrected chi connectivity index (χ3v) is 1.49. The van der Waals surface area contributed by atoms with Crippen LogP contribution in [-0.4, -0.2) is 18.4 Å². The standard InChI is InChI=1S/C6H8N2O3S/c1-5-2-8-6(3-7-5)4-11-12(9)10/h2-3,12H,4H2,1H3. The molecule has 0 saturated heterocycles. The summed E-state index contributed by atoms with van der Waals surface area (Å²) in [6.45, 7) is 1.75. The van der Waals surface area contributed by atoms with Crippen molar-refractivity contribution < 1.29 is 12.6 Å². The number of hydrogen-bond acceptors (Lipinski definition) is 5. The number of thiol groups is 1. The van der Waals surface area contributed by atoms with Crippen LogP contribution in [0.2, 0.25) is 0 Å². The van der Waals surface area contributed by atoms with Gasteiger partial charge in [-0.05, 0) is 6.92 Å². The van der Waals surface area contributed by atoms with E-state index in [1.807, 2.05) is 0 Å². The molecule has 0 saturated carbocycles. The van der Waals surface area contributed by atoms with Gasteiger partial charge in [-0.1, -0.05) is 0 Å². The lowest BCUT2D eigenvalue weighted by molar-refractivity contribution is 0.317. The molecule has 0 atom stereocenters. The van der Waals surface area contributed by atoms with Crippen LogP contribution in [0.4, 0.5) is 0 Å². The zero-order chi connectivity index (χ0) is 8.97. The van der Waals surface area contributed by atoms with E-state index in [0.29, 0.717) is 5.69 Å². The van der Waals surface area contributed by atoms with Gasteiger partial charge in [0, 0.05) is 6.20 Å². The summed E-state index contributed by atoms with van der Waals surface area (Å²) < 4.78 is 24.3. The van der Waals surface area contributed by atoms with E-state index >= 15 is 0 Å². The zero-order valence-corrected chi connectivity index (χ0v) is 7.32. The predicted molar refractivity (Wildman–Crippen MR) is 41.9 cm³/mol. The Hall–Kier alpha value is -1.01. The highest BCUT2D eigenvalue weighted by molar-refractivity contribution is 7.67. The van der Waals surface area contributed by atoms with Crippen LogP contribution in [0.1, 0.15) is 11.4 Å². The highest BCUT2D eigenvalue weighted by atomic mass is 32.2. The molecule has 0 aliphatic carbocycles. The Morgan fingerprint density at radius 3 is 2.67 bits per heavy atom. The van der Waals surface area contributed by atoms with Crippen molar-refractivity contribution in [3.63, 3.8) is 0 Å². The Morgan fingerprint density at radius 2 is 2.17 bits per heavy atom. The lowest BCUT2D eigenvalue weighted by Crippen LogP contribution is -1.95. The van der Waals surface area contributed by atoms with Crippen molar-refractivity contribution in [1.82, 2.24) is 9.97 Å². The summed E-state index contributed by atoms with van der Waals surface area (Å²) in [6.07, 6.45) is 3.03. The van der Waals surface area contributed by atoms with Gasteiger partial charge in [-0.2, -0.15) is 0 Å². The maximum absolute atomic E-state index is 10.0. The molecule has 0 radical (unpaired) electrons. The fourth-order valence-electron chi connectivity index (χ4n) is 0.613. The summed E-state index contributed by atoms with van der Waals surface area (Å²) >= 11 is 0. The quantitative estimate of drug-likeness (QED) is 0.667. The van der Waals surface area contributed by atoms with Crippen molar-refractivity contribution in [2.75, 3.05) is 0 Å². The van der Waals surface area contributed by atoms with Gasteiger partial charge >= 0.3 is 0 Å². The molecule has 0 fully saturated rings. The van der Waals surface area contributed by atoms with Crippen molar-refractivity contribution in [3.8, 4) is 0 Å². The highest BCUT2D eigenvalue weighted by Crippen LogP contribution is 1.95. The van der Waals surface area contributed by atoms with E-state index in [-0.39, 0.29) is 6.61 Å². The summed E-state index contributed by atoms with van der Waals surface area (Å²) in [5.41, 5.74) is 1.28. The molecule has 0 unspecified atom stereocenters. The maximum atomic E-state index is 10.0. The largest absolute Gasteiger partial charge is 0.266 e. The number of nitrogens with zero attached hydrogens (tertiary/aromatic N) is 2. The van der Waals surface area contributed by atoms with Gasteiger partial charge in [0.2, 0.25) is 0 Å². The first-order valence-corrected chi connectivity index (χ1v) is 4.33. The van der Waals surface area contributed by atoms with E-state index < -0.39 is 11.0 Å². The molecule has 0 aromatic carbocycles. The molecule has 1 aromatic heterocycles. The van der Waals surface area contributed by atoms with Gasteiger partial charge in [-0.25, -0.2) is 8.42 Å². The van der Waals surface area contributed by atoms with E-state index in [9.17, 15) is 8.42 Å². The number of aryl methyl sites for hydroxylation is 1. The first-order valence-electron chi connectivity index (χ1n) is 3.23. The van der Waals surface area contributed by atoms with Crippen LogP contribution >= 0.6 is 0 Å². The van der Waals surface area contributed by atoms with Crippen molar-refractivity contribution in [3.05, 3.63) is 23.8 Å². The van der Waals surface area contributed by atoms with Crippen LogP contribution < -0.4 is 0 Å². The normalized spacial score (nSPS) is 10.5. The summed E-state index contributed by atoms with van der Waals surface area (Å²) in [5.74, 6) is 0. The Bertz CT molecular complexity index is 312. The van der Waals surface area contributed by atoms with Crippen molar-refractivity contribution in [2.45, 2.75) is 13.5 Å². The monoisotopic (exact) mass is 188 g/mol. The average Bonchev–Trinajstić information content (AvgIpc) is 2.03. The molecular formula is C6H8N2O3S. The van der Waals surface area contributed by atoms with Gasteiger partial charge in [-0.15, -0.1) is 0 Å². The minimum absolute atomic E-state index is 0.0496. The van der Waals surface area contributed by atoms with E-state index in [4.69, 9.17) is 0 Å². The van der Waals surface area contributed by atoms with Gasteiger partial charge in [0.05, 0.1) is 17.6 Å². The van der Waals surface area contributed by atoms with Crippen LogP contribution in [0.5, 0.6) is 0 Å². The second kappa shape index (κ2) is 4.13. The third-order valence-electron chi connectivity index (χ3n) is 1.15. The summed E-state index contributed by atoms with van der Waals surface area (Å²) in [7, 11) is -2.80. The van der Waals surface area contributed by atoms with E-state index in [2.05, 4.69) is 14.2 Å². The molecule has 1 heterocycles. The molecule has 1 aromatic rings. The minimum Gasteiger partial charge on any atom is -0.266 e. The summed E-state index contributed by atoms with van der Waals surface area (Å²) in [6, 6.07) is 0. The zero-order valence-electron chi connectivity index (χ0n) is 6.43. The summed E-state index contributed by atoms with van der Waals surface area (Å²) in [4.78, 5) is 7.81. The van der Waals surface area contributed by atoms with E-state index in [1.165, 1.54) is 6.20 Å². The van der Waals surface area contributed by atoms with Gasteiger partial charge in [0.25, 0.3) is 11.0 Å². The molecule has 0 amide bonds. The summed E-state index contributed by atoms with van der Waals surface area (Å²) in [5, 5.41) is 0. The maximum Gasteiger partial charge on any atom is 0.257 e. The van der Waals surface area contributed by atoms with Crippen LogP contribution in [0, 0.1) is 6.92 Å². The molecule has 0 aliphatic rings. The minimum atomic E-state index is -2.80. The first kappa shape index (κ1) is 9.08. The van der Waals surface area contributed by atoms with Crippen molar-refractivity contribution in [1.29, 1.82) is 0 Å². The molecule has 66 valence electrons. The Balaban J connectivity index is 2.59. The van der Waals surface area contributed by atoms with Gasteiger partial charge < -0.3 is 0 Å². The molecule has 0 N–H and O–H groups in total. The van der Waals surface area contributed by atoms with Crippen molar-refractivity contribution in [2.24, 2.45) is 0 Å². The second-order valence-electron chi connectivity index (χ2n) is 2.15. The lowest BCUT2D eigenvalue weighted by atomic mass is 10.4. The van der Waals surface area contributed by atoms with Crippen LogP contribution in [0.25, 0.3) is 0 Å².